The molecular weight excluding hydrogens is 246 g/mol. The summed E-state index contributed by atoms with van der Waals surface area (Å²) in [6, 6.07) is 7.93. The van der Waals surface area contributed by atoms with E-state index in [4.69, 9.17) is 17.0 Å². The van der Waals surface area contributed by atoms with Crippen molar-refractivity contribution >= 4 is 17.3 Å². The summed E-state index contributed by atoms with van der Waals surface area (Å²) in [6.07, 6.45) is -0.100. The van der Waals surface area contributed by atoms with Crippen LogP contribution in [0.2, 0.25) is 0 Å². The zero-order chi connectivity index (χ0) is 13.1. The lowest BCUT2D eigenvalue weighted by Gasteiger charge is -2.18. The molecule has 0 bridgehead atoms. The summed E-state index contributed by atoms with van der Waals surface area (Å²) in [5.74, 6) is 1.41. The van der Waals surface area contributed by atoms with Crippen LogP contribution in [0.15, 0.2) is 34.5 Å². The summed E-state index contributed by atoms with van der Waals surface area (Å²) in [4.78, 5) is 1.87. The first-order chi connectivity index (χ1) is 8.58. The van der Waals surface area contributed by atoms with E-state index in [9.17, 15) is 0 Å². The molecule has 0 spiro atoms. The zero-order valence-corrected chi connectivity index (χ0v) is 11.6. The standard InChI is InChI=1S/C13H17N3OS/c1-9(2)8-17-11-6-4-10(5-7-11)12-14-15-13(18)16(12)3/h4-7,9,12H,8H2,1-3H3. The molecule has 4 nitrogen and oxygen atoms in total. The first-order valence-electron chi connectivity index (χ1n) is 5.98. The molecule has 0 aromatic heterocycles. The third kappa shape index (κ3) is 2.85. The third-order valence-electron chi connectivity index (χ3n) is 2.68. The van der Waals surface area contributed by atoms with E-state index in [1.807, 2.05) is 36.2 Å². The maximum atomic E-state index is 5.64. The number of benzene rings is 1. The molecular formula is C13H17N3OS. The molecule has 0 saturated carbocycles. The summed E-state index contributed by atoms with van der Waals surface area (Å²) in [6.45, 7) is 4.98. The second-order valence-corrected chi connectivity index (χ2v) is 5.12. The smallest absolute Gasteiger partial charge is 0.217 e. The van der Waals surface area contributed by atoms with Gasteiger partial charge in [-0.15, -0.1) is 5.11 Å². The number of nitrogens with zero attached hydrogens (tertiary/aromatic N) is 3. The minimum Gasteiger partial charge on any atom is -0.493 e. The maximum Gasteiger partial charge on any atom is 0.217 e. The molecule has 0 N–H and O–H groups in total. The van der Waals surface area contributed by atoms with E-state index in [1.54, 1.807) is 0 Å². The van der Waals surface area contributed by atoms with Crippen LogP contribution in [0, 0.1) is 5.92 Å². The minimum atomic E-state index is -0.100. The topological polar surface area (TPSA) is 37.2 Å². The third-order valence-corrected chi connectivity index (χ3v) is 3.05. The largest absolute Gasteiger partial charge is 0.493 e. The molecule has 18 heavy (non-hydrogen) atoms. The van der Waals surface area contributed by atoms with Gasteiger partial charge >= 0.3 is 0 Å². The van der Waals surface area contributed by atoms with Crippen molar-refractivity contribution in [3.63, 3.8) is 0 Å². The molecule has 0 saturated heterocycles. The van der Waals surface area contributed by atoms with Gasteiger partial charge in [0, 0.05) is 7.05 Å². The minimum absolute atomic E-state index is 0.100. The van der Waals surface area contributed by atoms with Gasteiger partial charge in [0.05, 0.1) is 6.61 Å². The molecule has 1 aromatic carbocycles. The summed E-state index contributed by atoms with van der Waals surface area (Å²) in [5, 5.41) is 8.58. The van der Waals surface area contributed by atoms with Gasteiger partial charge in [0.1, 0.15) is 5.75 Å². The normalized spacial score (nSPS) is 18.8. The molecule has 0 fully saturated rings. The number of hydrogen-bond donors (Lipinski definition) is 0. The van der Waals surface area contributed by atoms with Crippen LogP contribution in [-0.4, -0.2) is 23.7 Å². The Morgan fingerprint density at radius 1 is 1.33 bits per heavy atom. The summed E-state index contributed by atoms with van der Waals surface area (Å²) >= 11 is 5.06. The molecule has 0 amide bonds. The van der Waals surface area contributed by atoms with Gasteiger partial charge < -0.3 is 9.64 Å². The molecule has 96 valence electrons. The van der Waals surface area contributed by atoms with Gasteiger partial charge in [-0.05, 0) is 35.8 Å². The number of rotatable bonds is 4. The highest BCUT2D eigenvalue weighted by Gasteiger charge is 2.23. The molecule has 0 radical (unpaired) electrons. The van der Waals surface area contributed by atoms with Crippen LogP contribution < -0.4 is 4.74 Å². The van der Waals surface area contributed by atoms with Crippen molar-refractivity contribution < 1.29 is 4.74 Å². The number of thiocarbonyl (C=S) groups is 1. The Bertz CT molecular complexity index is 456. The fourth-order valence-corrected chi connectivity index (χ4v) is 1.79. The zero-order valence-electron chi connectivity index (χ0n) is 10.8. The maximum absolute atomic E-state index is 5.64. The van der Waals surface area contributed by atoms with Crippen LogP contribution >= 0.6 is 12.2 Å². The van der Waals surface area contributed by atoms with Crippen LogP contribution in [0.25, 0.3) is 0 Å². The number of hydrogen-bond acceptors (Lipinski definition) is 3. The van der Waals surface area contributed by atoms with E-state index in [-0.39, 0.29) is 6.17 Å². The molecule has 1 unspecified atom stereocenters. The van der Waals surface area contributed by atoms with Gasteiger partial charge in [0.2, 0.25) is 5.11 Å². The van der Waals surface area contributed by atoms with Crippen LogP contribution in [0.4, 0.5) is 0 Å². The second-order valence-electron chi connectivity index (χ2n) is 4.76. The van der Waals surface area contributed by atoms with Crippen molar-refractivity contribution in [1.82, 2.24) is 4.90 Å². The van der Waals surface area contributed by atoms with E-state index in [1.165, 1.54) is 0 Å². The van der Waals surface area contributed by atoms with E-state index in [0.29, 0.717) is 11.0 Å². The Hall–Kier alpha value is -1.49. The molecule has 1 aromatic rings. The van der Waals surface area contributed by atoms with Crippen LogP contribution in [0.1, 0.15) is 25.6 Å². The number of ether oxygens (including phenoxy) is 1. The highest BCUT2D eigenvalue weighted by atomic mass is 32.1. The van der Waals surface area contributed by atoms with Gasteiger partial charge in [-0.3, -0.25) is 0 Å². The van der Waals surface area contributed by atoms with E-state index >= 15 is 0 Å². The predicted molar refractivity (Wildman–Crippen MR) is 74.7 cm³/mol. The fourth-order valence-electron chi connectivity index (χ4n) is 1.65. The van der Waals surface area contributed by atoms with Crippen molar-refractivity contribution in [3.05, 3.63) is 29.8 Å². The van der Waals surface area contributed by atoms with Gasteiger partial charge in [-0.1, -0.05) is 26.0 Å². The first-order valence-corrected chi connectivity index (χ1v) is 6.39. The highest BCUT2D eigenvalue weighted by Crippen LogP contribution is 2.28. The Morgan fingerprint density at radius 3 is 2.50 bits per heavy atom. The first kappa shape index (κ1) is 13.0. The molecule has 1 aliphatic rings. The Morgan fingerprint density at radius 2 is 2.00 bits per heavy atom. The highest BCUT2D eigenvalue weighted by molar-refractivity contribution is 7.80. The molecule has 1 atom stereocenters. The van der Waals surface area contributed by atoms with Gasteiger partial charge in [0.25, 0.3) is 0 Å². The molecule has 5 heteroatoms. The van der Waals surface area contributed by atoms with Crippen molar-refractivity contribution in [2.24, 2.45) is 16.1 Å². The SMILES string of the molecule is CC(C)COc1ccc(C2N=NC(=S)N2C)cc1. The van der Waals surface area contributed by atoms with Crippen molar-refractivity contribution in [2.75, 3.05) is 13.7 Å². The molecule has 2 rings (SSSR count). The van der Waals surface area contributed by atoms with Gasteiger partial charge in [0.15, 0.2) is 6.17 Å². The summed E-state index contributed by atoms with van der Waals surface area (Å²) in [7, 11) is 1.90. The van der Waals surface area contributed by atoms with Gasteiger partial charge in [-0.2, -0.15) is 5.11 Å². The lowest BCUT2D eigenvalue weighted by molar-refractivity contribution is 0.271. The fraction of sp³-hybridized carbons (Fsp3) is 0.462. The predicted octanol–water partition coefficient (Wildman–Crippen LogP) is 3.40. The Labute approximate surface area is 113 Å². The lowest BCUT2D eigenvalue weighted by Crippen LogP contribution is -2.21. The summed E-state index contributed by atoms with van der Waals surface area (Å²) < 4.78 is 5.64. The Balaban J connectivity index is 2.04. The average molecular weight is 263 g/mol. The van der Waals surface area contributed by atoms with Crippen LogP contribution in [-0.2, 0) is 0 Å². The second kappa shape index (κ2) is 5.44. The van der Waals surface area contributed by atoms with Crippen LogP contribution in [0.3, 0.4) is 0 Å². The summed E-state index contributed by atoms with van der Waals surface area (Å²) in [5.41, 5.74) is 1.07. The molecule has 1 heterocycles. The monoisotopic (exact) mass is 263 g/mol. The molecule has 1 aliphatic heterocycles. The average Bonchev–Trinajstić information content (AvgIpc) is 2.68. The van der Waals surface area contributed by atoms with E-state index < -0.39 is 0 Å². The van der Waals surface area contributed by atoms with Crippen LogP contribution in [0.5, 0.6) is 5.75 Å². The Kier molecular flexibility index (Phi) is 3.91. The van der Waals surface area contributed by atoms with Crippen molar-refractivity contribution in [2.45, 2.75) is 20.0 Å². The lowest BCUT2D eigenvalue weighted by atomic mass is 10.1. The van der Waals surface area contributed by atoms with E-state index in [2.05, 4.69) is 24.1 Å². The van der Waals surface area contributed by atoms with Crippen molar-refractivity contribution in [3.8, 4) is 5.75 Å². The van der Waals surface area contributed by atoms with Gasteiger partial charge in [-0.25, -0.2) is 0 Å². The van der Waals surface area contributed by atoms with E-state index in [0.717, 1.165) is 17.9 Å². The number of azo groups is 1. The van der Waals surface area contributed by atoms with Crippen molar-refractivity contribution in [1.29, 1.82) is 0 Å². The quantitative estimate of drug-likeness (QED) is 0.781. The molecule has 0 aliphatic carbocycles.